The molecule has 1 N–H and O–H groups in total. The van der Waals surface area contributed by atoms with Crippen LogP contribution in [0.2, 0.25) is 0 Å². The van der Waals surface area contributed by atoms with Crippen molar-refractivity contribution in [1.82, 2.24) is 15.3 Å². The molecule has 0 saturated heterocycles. The summed E-state index contributed by atoms with van der Waals surface area (Å²) in [5.74, 6) is 1.46. The first kappa shape index (κ1) is 13.1. The van der Waals surface area contributed by atoms with Gasteiger partial charge in [0.1, 0.15) is 0 Å². The Balaban J connectivity index is 2.00. The van der Waals surface area contributed by atoms with E-state index in [0.717, 1.165) is 5.82 Å². The lowest BCUT2D eigenvalue weighted by atomic mass is 9.90. The fourth-order valence-corrected chi connectivity index (χ4v) is 2.55. The fraction of sp³-hybridized carbons (Fsp3) is 0.692. The number of ether oxygens (including phenoxy) is 1. The zero-order valence-electron chi connectivity index (χ0n) is 11.4. The van der Waals surface area contributed by atoms with Gasteiger partial charge in [0.25, 0.3) is 0 Å². The van der Waals surface area contributed by atoms with E-state index in [1.165, 1.54) is 25.7 Å². The largest absolute Gasteiger partial charge is 0.480 e. The predicted octanol–water partition coefficient (Wildman–Crippen LogP) is 1.45. The number of anilines is 1. The van der Waals surface area contributed by atoms with Crippen molar-refractivity contribution in [2.75, 3.05) is 26.1 Å². The van der Waals surface area contributed by atoms with E-state index in [1.54, 1.807) is 19.5 Å². The quantitative estimate of drug-likeness (QED) is 0.876. The summed E-state index contributed by atoms with van der Waals surface area (Å²) >= 11 is 0. The van der Waals surface area contributed by atoms with Crippen molar-refractivity contribution in [3.63, 3.8) is 0 Å². The minimum Gasteiger partial charge on any atom is -0.480 e. The van der Waals surface area contributed by atoms with E-state index in [4.69, 9.17) is 4.74 Å². The Bertz CT molecular complexity index is 377. The molecule has 0 atom stereocenters. The van der Waals surface area contributed by atoms with E-state index >= 15 is 0 Å². The molecule has 1 aromatic rings. The summed E-state index contributed by atoms with van der Waals surface area (Å²) in [7, 11) is 5.75. The maximum Gasteiger partial charge on any atom is 0.233 e. The molecule has 0 spiro atoms. The van der Waals surface area contributed by atoms with Gasteiger partial charge in [-0.15, -0.1) is 0 Å². The number of rotatable bonds is 4. The Labute approximate surface area is 109 Å². The molecule has 100 valence electrons. The highest BCUT2D eigenvalue weighted by molar-refractivity contribution is 5.38. The molecule has 0 amide bonds. The van der Waals surface area contributed by atoms with Gasteiger partial charge in [-0.1, -0.05) is 0 Å². The van der Waals surface area contributed by atoms with Gasteiger partial charge in [0, 0.05) is 19.1 Å². The van der Waals surface area contributed by atoms with Crippen LogP contribution in [0.3, 0.4) is 0 Å². The number of hydrogen-bond acceptors (Lipinski definition) is 5. The van der Waals surface area contributed by atoms with E-state index in [-0.39, 0.29) is 0 Å². The van der Waals surface area contributed by atoms with Crippen molar-refractivity contribution in [3.05, 3.63) is 12.4 Å². The van der Waals surface area contributed by atoms with Crippen molar-refractivity contribution in [3.8, 4) is 5.88 Å². The highest BCUT2D eigenvalue weighted by Crippen LogP contribution is 2.25. The zero-order valence-corrected chi connectivity index (χ0v) is 11.4. The molecule has 1 aliphatic rings. The molecule has 0 unspecified atom stereocenters. The summed E-state index contributed by atoms with van der Waals surface area (Å²) in [5, 5.41) is 3.35. The monoisotopic (exact) mass is 250 g/mol. The van der Waals surface area contributed by atoms with Crippen molar-refractivity contribution < 1.29 is 4.74 Å². The number of aromatic nitrogens is 2. The topological polar surface area (TPSA) is 50.3 Å². The zero-order chi connectivity index (χ0) is 13.0. The van der Waals surface area contributed by atoms with Crippen LogP contribution in [0.25, 0.3) is 0 Å². The second kappa shape index (κ2) is 6.00. The van der Waals surface area contributed by atoms with Crippen LogP contribution in [0.15, 0.2) is 12.4 Å². The first-order valence-electron chi connectivity index (χ1n) is 6.50. The SMILES string of the molecule is CNC1CCC(N(C)c2cncc(OC)n2)CC1. The summed E-state index contributed by atoms with van der Waals surface area (Å²) < 4.78 is 5.12. The smallest absolute Gasteiger partial charge is 0.233 e. The maximum atomic E-state index is 5.12. The lowest BCUT2D eigenvalue weighted by Crippen LogP contribution is -2.40. The Morgan fingerprint density at radius 3 is 2.61 bits per heavy atom. The predicted molar refractivity (Wildman–Crippen MR) is 72.1 cm³/mol. The summed E-state index contributed by atoms with van der Waals surface area (Å²) in [6, 6.07) is 1.22. The Hall–Kier alpha value is -1.36. The van der Waals surface area contributed by atoms with Crippen LogP contribution in [-0.4, -0.2) is 43.3 Å². The van der Waals surface area contributed by atoms with Gasteiger partial charge >= 0.3 is 0 Å². The fourth-order valence-electron chi connectivity index (χ4n) is 2.55. The lowest BCUT2D eigenvalue weighted by molar-refractivity contribution is 0.349. The molecule has 5 heteroatoms. The molecule has 1 aromatic heterocycles. The first-order valence-corrected chi connectivity index (χ1v) is 6.50. The average molecular weight is 250 g/mol. The Morgan fingerprint density at radius 2 is 2.00 bits per heavy atom. The molecule has 0 aromatic carbocycles. The van der Waals surface area contributed by atoms with Crippen molar-refractivity contribution in [1.29, 1.82) is 0 Å². The third-order valence-corrected chi connectivity index (χ3v) is 3.82. The van der Waals surface area contributed by atoms with Crippen LogP contribution in [0.5, 0.6) is 5.88 Å². The third kappa shape index (κ3) is 2.90. The van der Waals surface area contributed by atoms with Crippen LogP contribution >= 0.6 is 0 Å². The van der Waals surface area contributed by atoms with Crippen LogP contribution < -0.4 is 15.0 Å². The van der Waals surface area contributed by atoms with Gasteiger partial charge in [0.15, 0.2) is 5.82 Å². The molecule has 0 radical (unpaired) electrons. The molecule has 1 saturated carbocycles. The van der Waals surface area contributed by atoms with Gasteiger partial charge in [-0.05, 0) is 32.7 Å². The highest BCUT2D eigenvalue weighted by atomic mass is 16.5. The normalized spacial score (nSPS) is 23.7. The molecule has 0 bridgehead atoms. The maximum absolute atomic E-state index is 5.12. The highest BCUT2D eigenvalue weighted by Gasteiger charge is 2.24. The number of hydrogen-bond donors (Lipinski definition) is 1. The van der Waals surface area contributed by atoms with E-state index < -0.39 is 0 Å². The second-order valence-electron chi connectivity index (χ2n) is 4.82. The summed E-state index contributed by atoms with van der Waals surface area (Å²) in [4.78, 5) is 10.8. The molecular weight excluding hydrogens is 228 g/mol. The molecule has 2 rings (SSSR count). The third-order valence-electron chi connectivity index (χ3n) is 3.82. The van der Waals surface area contributed by atoms with Gasteiger partial charge < -0.3 is 15.0 Å². The van der Waals surface area contributed by atoms with E-state index in [0.29, 0.717) is 18.0 Å². The lowest BCUT2D eigenvalue weighted by Gasteiger charge is -2.35. The van der Waals surface area contributed by atoms with Crippen LogP contribution in [0.4, 0.5) is 5.82 Å². The molecule has 1 aliphatic carbocycles. The van der Waals surface area contributed by atoms with E-state index in [2.05, 4.69) is 27.2 Å². The molecule has 1 heterocycles. The van der Waals surface area contributed by atoms with Gasteiger partial charge in [-0.2, -0.15) is 4.98 Å². The molecule has 18 heavy (non-hydrogen) atoms. The Morgan fingerprint density at radius 1 is 1.28 bits per heavy atom. The average Bonchev–Trinajstić information content (AvgIpc) is 2.46. The van der Waals surface area contributed by atoms with Gasteiger partial charge in [0.2, 0.25) is 5.88 Å². The molecule has 0 aliphatic heterocycles. The van der Waals surface area contributed by atoms with Crippen molar-refractivity contribution >= 4 is 5.82 Å². The van der Waals surface area contributed by atoms with Crippen molar-refractivity contribution in [2.45, 2.75) is 37.8 Å². The summed E-state index contributed by atoms with van der Waals surface area (Å²) in [5.41, 5.74) is 0. The van der Waals surface area contributed by atoms with Crippen LogP contribution in [0.1, 0.15) is 25.7 Å². The first-order chi connectivity index (χ1) is 8.74. The molecule has 1 fully saturated rings. The van der Waals surface area contributed by atoms with Gasteiger partial charge in [0.05, 0.1) is 19.5 Å². The van der Waals surface area contributed by atoms with Gasteiger partial charge in [-0.25, -0.2) is 0 Å². The van der Waals surface area contributed by atoms with Gasteiger partial charge in [-0.3, -0.25) is 4.98 Å². The minimum atomic E-state index is 0.552. The number of methoxy groups -OCH3 is 1. The Kier molecular flexibility index (Phi) is 4.36. The second-order valence-corrected chi connectivity index (χ2v) is 4.82. The van der Waals surface area contributed by atoms with Crippen LogP contribution in [-0.2, 0) is 0 Å². The standard InChI is InChI=1S/C13H22N4O/c1-14-10-4-6-11(7-5-10)17(2)12-8-15-9-13(16-12)18-3/h8-11,14H,4-7H2,1-3H3. The van der Waals surface area contributed by atoms with E-state index in [9.17, 15) is 0 Å². The minimum absolute atomic E-state index is 0.552. The summed E-state index contributed by atoms with van der Waals surface area (Å²) in [6.45, 7) is 0. The molecular formula is C13H22N4O. The van der Waals surface area contributed by atoms with Crippen molar-refractivity contribution in [2.24, 2.45) is 0 Å². The van der Waals surface area contributed by atoms with E-state index in [1.807, 2.05) is 7.05 Å². The number of nitrogens with zero attached hydrogens (tertiary/aromatic N) is 3. The van der Waals surface area contributed by atoms with Crippen LogP contribution in [0, 0.1) is 0 Å². The molecule has 5 nitrogen and oxygen atoms in total. The summed E-state index contributed by atoms with van der Waals surface area (Å²) in [6.07, 6.45) is 8.27. The number of nitrogens with one attached hydrogen (secondary N) is 1.